The molecule has 1 amide bonds. The maximum atomic E-state index is 12.6. The van der Waals surface area contributed by atoms with Gasteiger partial charge < -0.3 is 19.5 Å². The Balaban J connectivity index is 1.81. The lowest BCUT2D eigenvalue weighted by molar-refractivity contribution is -0.114. The molecule has 0 saturated carbocycles. The number of carbonyl (C=O) groups is 1. The van der Waals surface area contributed by atoms with E-state index in [1.54, 1.807) is 42.5 Å². The zero-order valence-corrected chi connectivity index (χ0v) is 17.2. The van der Waals surface area contributed by atoms with E-state index in [0.717, 1.165) is 4.31 Å². The SMILES string of the molecule is CCOc1cccc(NC(=O)CN(c2ccc3c(c2)OCCO3)S(=O)(=O)CC)c1. The minimum atomic E-state index is -3.69. The molecule has 0 atom stereocenters. The molecule has 1 aliphatic heterocycles. The predicted octanol–water partition coefficient (Wildman–Crippen LogP) is 2.65. The van der Waals surface area contributed by atoms with Gasteiger partial charge in [-0.2, -0.15) is 0 Å². The molecule has 0 bridgehead atoms. The van der Waals surface area contributed by atoms with E-state index in [1.165, 1.54) is 6.92 Å². The van der Waals surface area contributed by atoms with Crippen molar-refractivity contribution in [3.05, 3.63) is 42.5 Å². The van der Waals surface area contributed by atoms with Crippen LogP contribution in [0, 0.1) is 0 Å². The highest BCUT2D eigenvalue weighted by molar-refractivity contribution is 7.92. The van der Waals surface area contributed by atoms with Crippen LogP contribution in [0.25, 0.3) is 0 Å². The van der Waals surface area contributed by atoms with E-state index in [4.69, 9.17) is 14.2 Å². The van der Waals surface area contributed by atoms with Crippen molar-refractivity contribution in [2.75, 3.05) is 41.7 Å². The maximum absolute atomic E-state index is 12.6. The van der Waals surface area contributed by atoms with Gasteiger partial charge in [-0.05, 0) is 38.1 Å². The van der Waals surface area contributed by atoms with E-state index >= 15 is 0 Å². The first kappa shape index (κ1) is 20.8. The average molecular weight is 420 g/mol. The minimum Gasteiger partial charge on any atom is -0.494 e. The molecule has 3 rings (SSSR count). The topological polar surface area (TPSA) is 94.2 Å². The third kappa shape index (κ3) is 5.11. The fraction of sp³-hybridized carbons (Fsp3) is 0.350. The van der Waals surface area contributed by atoms with Crippen LogP contribution in [0.2, 0.25) is 0 Å². The number of sulfonamides is 1. The Morgan fingerprint density at radius 1 is 1.10 bits per heavy atom. The Morgan fingerprint density at radius 3 is 2.59 bits per heavy atom. The molecule has 0 spiro atoms. The number of hydrogen-bond acceptors (Lipinski definition) is 6. The Morgan fingerprint density at radius 2 is 1.86 bits per heavy atom. The first-order valence-electron chi connectivity index (χ1n) is 9.35. The lowest BCUT2D eigenvalue weighted by Crippen LogP contribution is -2.39. The van der Waals surface area contributed by atoms with Crippen molar-refractivity contribution in [2.24, 2.45) is 0 Å². The van der Waals surface area contributed by atoms with Gasteiger partial charge in [0.1, 0.15) is 25.5 Å². The third-order valence-corrected chi connectivity index (χ3v) is 5.97. The van der Waals surface area contributed by atoms with E-state index in [-0.39, 0.29) is 12.3 Å². The van der Waals surface area contributed by atoms with Gasteiger partial charge in [-0.25, -0.2) is 8.42 Å². The number of anilines is 2. The fourth-order valence-electron chi connectivity index (χ4n) is 2.85. The highest BCUT2D eigenvalue weighted by Crippen LogP contribution is 2.34. The molecular weight excluding hydrogens is 396 g/mol. The monoisotopic (exact) mass is 420 g/mol. The van der Waals surface area contributed by atoms with Crippen LogP contribution in [0.5, 0.6) is 17.2 Å². The quantitative estimate of drug-likeness (QED) is 0.706. The molecule has 1 N–H and O–H groups in total. The van der Waals surface area contributed by atoms with E-state index in [2.05, 4.69) is 5.32 Å². The number of fused-ring (bicyclic) bond motifs is 1. The molecule has 156 valence electrons. The Kier molecular flexibility index (Phi) is 6.48. The molecule has 2 aromatic carbocycles. The van der Waals surface area contributed by atoms with E-state index in [9.17, 15) is 13.2 Å². The summed E-state index contributed by atoms with van der Waals surface area (Å²) in [6.07, 6.45) is 0. The van der Waals surface area contributed by atoms with E-state index in [0.29, 0.717) is 48.4 Å². The number of benzene rings is 2. The summed E-state index contributed by atoms with van der Waals surface area (Å²) in [6.45, 7) is 4.36. The van der Waals surface area contributed by atoms with E-state index < -0.39 is 15.9 Å². The van der Waals surface area contributed by atoms with Gasteiger partial charge in [-0.3, -0.25) is 9.10 Å². The third-order valence-electron chi connectivity index (χ3n) is 4.23. The van der Waals surface area contributed by atoms with Gasteiger partial charge >= 0.3 is 0 Å². The zero-order valence-electron chi connectivity index (χ0n) is 16.4. The van der Waals surface area contributed by atoms with E-state index in [1.807, 2.05) is 6.92 Å². The molecule has 29 heavy (non-hydrogen) atoms. The molecule has 0 fully saturated rings. The van der Waals surface area contributed by atoms with Crippen LogP contribution in [0.3, 0.4) is 0 Å². The van der Waals surface area contributed by atoms with Crippen molar-refractivity contribution in [2.45, 2.75) is 13.8 Å². The van der Waals surface area contributed by atoms with Gasteiger partial charge in [-0.1, -0.05) is 6.07 Å². The van der Waals surface area contributed by atoms with Crippen LogP contribution in [0.4, 0.5) is 11.4 Å². The summed E-state index contributed by atoms with van der Waals surface area (Å²) in [6, 6.07) is 11.7. The van der Waals surface area contributed by atoms with Gasteiger partial charge in [0.05, 0.1) is 18.0 Å². The molecule has 1 aliphatic rings. The lowest BCUT2D eigenvalue weighted by atomic mass is 10.2. The number of amides is 1. The van der Waals surface area contributed by atoms with Crippen molar-refractivity contribution in [1.29, 1.82) is 0 Å². The summed E-state index contributed by atoms with van der Waals surface area (Å²) in [5, 5.41) is 2.72. The smallest absolute Gasteiger partial charge is 0.245 e. The zero-order chi connectivity index (χ0) is 20.9. The molecule has 9 heteroatoms. The first-order chi connectivity index (χ1) is 13.9. The van der Waals surface area contributed by atoms with Gasteiger partial charge in [0.25, 0.3) is 0 Å². The van der Waals surface area contributed by atoms with Crippen molar-refractivity contribution >= 4 is 27.3 Å². The Bertz CT molecular complexity index is 977. The second-order valence-corrected chi connectivity index (χ2v) is 8.43. The Labute approximate surface area is 170 Å². The average Bonchev–Trinajstić information content (AvgIpc) is 2.72. The Hall–Kier alpha value is -2.94. The molecule has 0 radical (unpaired) electrons. The van der Waals surface area contributed by atoms with Crippen molar-refractivity contribution in [3.8, 4) is 17.2 Å². The molecule has 1 heterocycles. The largest absolute Gasteiger partial charge is 0.494 e. The van der Waals surface area contributed by atoms with Crippen LogP contribution in [0.1, 0.15) is 13.8 Å². The van der Waals surface area contributed by atoms with Crippen molar-refractivity contribution < 1.29 is 27.4 Å². The molecule has 8 nitrogen and oxygen atoms in total. The summed E-state index contributed by atoms with van der Waals surface area (Å²) < 4.78 is 42.8. The molecular formula is C20H24N2O6S. The second kappa shape index (κ2) is 9.04. The first-order valence-corrected chi connectivity index (χ1v) is 11.0. The van der Waals surface area contributed by atoms with Crippen molar-refractivity contribution in [1.82, 2.24) is 0 Å². The summed E-state index contributed by atoms with van der Waals surface area (Å²) >= 11 is 0. The number of carbonyl (C=O) groups excluding carboxylic acids is 1. The fourth-order valence-corrected chi connectivity index (χ4v) is 3.91. The van der Waals surface area contributed by atoms with Crippen LogP contribution in [-0.4, -0.2) is 46.4 Å². The number of ether oxygens (including phenoxy) is 3. The highest BCUT2D eigenvalue weighted by Gasteiger charge is 2.25. The standard InChI is InChI=1S/C20H24N2O6S/c1-3-26-17-7-5-6-15(12-17)21-20(23)14-22(29(24,25)4-2)16-8-9-18-19(13-16)28-11-10-27-18/h5-9,12-13H,3-4,10-11,14H2,1-2H3,(H,21,23). The number of nitrogens with one attached hydrogen (secondary N) is 1. The summed E-state index contributed by atoms with van der Waals surface area (Å²) in [7, 11) is -3.69. The number of hydrogen-bond donors (Lipinski definition) is 1. The predicted molar refractivity (Wildman–Crippen MR) is 110 cm³/mol. The summed E-state index contributed by atoms with van der Waals surface area (Å²) in [5.74, 6) is 1.01. The summed E-state index contributed by atoms with van der Waals surface area (Å²) in [5.41, 5.74) is 0.867. The van der Waals surface area contributed by atoms with Gasteiger partial charge in [0.2, 0.25) is 15.9 Å². The second-order valence-electron chi connectivity index (χ2n) is 6.24. The normalized spacial score (nSPS) is 12.9. The van der Waals surface area contributed by atoms with Crippen LogP contribution < -0.4 is 23.8 Å². The lowest BCUT2D eigenvalue weighted by Gasteiger charge is -2.25. The van der Waals surface area contributed by atoms with Crippen LogP contribution in [-0.2, 0) is 14.8 Å². The number of nitrogens with zero attached hydrogens (tertiary/aromatic N) is 1. The summed E-state index contributed by atoms with van der Waals surface area (Å²) in [4.78, 5) is 12.6. The maximum Gasteiger partial charge on any atom is 0.245 e. The molecule has 0 unspecified atom stereocenters. The van der Waals surface area contributed by atoms with Gasteiger partial charge in [0.15, 0.2) is 11.5 Å². The van der Waals surface area contributed by atoms with Crippen LogP contribution in [0.15, 0.2) is 42.5 Å². The molecule has 0 aromatic heterocycles. The molecule has 0 aliphatic carbocycles. The number of rotatable bonds is 8. The van der Waals surface area contributed by atoms with Gasteiger partial charge in [0, 0.05) is 17.8 Å². The van der Waals surface area contributed by atoms with Gasteiger partial charge in [-0.15, -0.1) is 0 Å². The molecule has 2 aromatic rings. The van der Waals surface area contributed by atoms with Crippen molar-refractivity contribution in [3.63, 3.8) is 0 Å². The molecule has 0 saturated heterocycles. The highest BCUT2D eigenvalue weighted by atomic mass is 32.2. The minimum absolute atomic E-state index is 0.144. The van der Waals surface area contributed by atoms with Crippen LogP contribution >= 0.6 is 0 Å².